The van der Waals surface area contributed by atoms with Gasteiger partial charge in [0.1, 0.15) is 0 Å². The van der Waals surface area contributed by atoms with E-state index in [2.05, 4.69) is 6.92 Å². The summed E-state index contributed by atoms with van der Waals surface area (Å²) in [5.74, 6) is 0. The molecule has 0 heterocycles. The van der Waals surface area contributed by atoms with Crippen LogP contribution < -0.4 is 0 Å². The molecule has 2 aliphatic rings. The average Bonchev–Trinajstić information content (AvgIpc) is 3.22. The van der Waals surface area contributed by atoms with Crippen molar-refractivity contribution in [3.63, 3.8) is 0 Å². The second-order valence-corrected chi connectivity index (χ2v) is 32.3. The number of unbranched alkanes of at least 4 members (excludes halogenated alkanes) is 2. The minimum absolute atomic E-state index is 0.0939. The van der Waals surface area contributed by atoms with Gasteiger partial charge >= 0.3 is 145 Å². The van der Waals surface area contributed by atoms with Gasteiger partial charge < -0.3 is 0 Å². The Morgan fingerprint density at radius 3 is 2.33 bits per heavy atom. The van der Waals surface area contributed by atoms with Crippen LogP contribution in [-0.2, 0) is 17.7 Å². The fraction of sp³-hybridized carbons (Fsp3) is 0.579. The molecule has 0 aromatic carbocycles. The van der Waals surface area contributed by atoms with Gasteiger partial charge in [-0.3, -0.25) is 0 Å². The van der Waals surface area contributed by atoms with Crippen LogP contribution >= 0.6 is 0 Å². The maximum atomic E-state index is 16.5. The fourth-order valence-corrected chi connectivity index (χ4v) is 27.8. The second kappa shape index (κ2) is 6.87. The third kappa shape index (κ3) is 3.28. The van der Waals surface area contributed by atoms with Gasteiger partial charge in [0, 0.05) is 0 Å². The molecule has 0 aliphatic heterocycles. The molecule has 0 N–H and O–H groups in total. The molecule has 2 aliphatic carbocycles. The van der Waals surface area contributed by atoms with Crippen molar-refractivity contribution in [3.05, 3.63) is 42.5 Å². The van der Waals surface area contributed by atoms with E-state index in [4.69, 9.17) is 0 Å². The number of rotatable bonds is 8. The van der Waals surface area contributed by atoms with Crippen LogP contribution in [0.15, 0.2) is 42.5 Å². The third-order valence-corrected chi connectivity index (χ3v) is 36.2. The molecular formula is C19H30F3SiZr. The fourth-order valence-electron chi connectivity index (χ4n) is 3.82. The van der Waals surface area contributed by atoms with Crippen LogP contribution in [-0.4, -0.2) is 5.43 Å². The van der Waals surface area contributed by atoms with Crippen molar-refractivity contribution < 1.29 is 25.6 Å². The summed E-state index contributed by atoms with van der Waals surface area (Å²) in [6.45, 7) is 5.62. The van der Waals surface area contributed by atoms with E-state index in [0.717, 1.165) is 31.3 Å². The van der Waals surface area contributed by atoms with Gasteiger partial charge in [0.2, 0.25) is 0 Å². The van der Waals surface area contributed by atoms with Crippen LogP contribution in [0.3, 0.4) is 0 Å². The molecule has 0 unspecified atom stereocenters. The molecule has 0 amide bonds. The summed E-state index contributed by atoms with van der Waals surface area (Å²) >= 11 is -8.09. The number of allylic oxidation sites excluding steroid dienone is 8. The molecule has 0 aromatic rings. The Balaban J connectivity index is 2.59. The molecule has 24 heavy (non-hydrogen) atoms. The van der Waals surface area contributed by atoms with Gasteiger partial charge in [0.25, 0.3) is 0 Å². The Labute approximate surface area is 144 Å². The van der Waals surface area contributed by atoms with E-state index in [9.17, 15) is 0 Å². The zero-order chi connectivity index (χ0) is 17.9. The first-order valence-corrected chi connectivity index (χ1v) is 20.4. The van der Waals surface area contributed by atoms with Crippen molar-refractivity contribution in [1.82, 2.24) is 0 Å². The quantitative estimate of drug-likeness (QED) is 0.346. The Hall–Kier alpha value is -0.150. The van der Waals surface area contributed by atoms with Crippen LogP contribution in [0.25, 0.3) is 0 Å². The molecule has 0 aromatic heterocycles. The van der Waals surface area contributed by atoms with Gasteiger partial charge in [-0.05, 0) is 0 Å². The average molecular weight is 435 g/mol. The first-order valence-electron chi connectivity index (χ1n) is 9.28. The van der Waals surface area contributed by atoms with E-state index in [0.29, 0.717) is 12.5 Å². The molecule has 0 spiro atoms. The molecule has 0 saturated carbocycles. The zero-order valence-electron chi connectivity index (χ0n) is 15.2. The molecule has 0 saturated heterocycles. The van der Waals surface area contributed by atoms with Crippen LogP contribution in [0.4, 0.5) is 7.88 Å². The van der Waals surface area contributed by atoms with Crippen molar-refractivity contribution in [2.45, 2.75) is 71.4 Å². The molecule has 2 rings (SSSR count). The van der Waals surface area contributed by atoms with E-state index >= 15 is 7.88 Å². The van der Waals surface area contributed by atoms with Gasteiger partial charge in [-0.15, -0.1) is 0 Å². The topological polar surface area (TPSA) is 0 Å². The van der Waals surface area contributed by atoms with Crippen LogP contribution in [0, 0.1) is 0 Å². The zero-order valence-corrected chi connectivity index (χ0v) is 18.6. The van der Waals surface area contributed by atoms with Gasteiger partial charge in [0.15, 0.2) is 0 Å². The van der Waals surface area contributed by atoms with Gasteiger partial charge in [-0.2, -0.15) is 0 Å². The standard InChI is InChI=1S/C9H13.C5H12Si.C5H5.3FH.Zr/c1-2-3-6-9-7-4-5-8-9;1-3-4-5-6-2;1-2-4-5-3-1;;;;/h7-8H,2-4,6H2,1H3;3-5H2,1-2H3;1-3H,4H2;3*1H;/q;;;;;;+3/p-3. The van der Waals surface area contributed by atoms with Gasteiger partial charge in [-0.25, -0.2) is 0 Å². The normalized spacial score (nSPS) is 20.3. The SMILES string of the molecule is CCCCC1=CC[C]([Zr]([F])([F])([F])([C]2=CC=CC2)=[Si](C)CCCC)=C1. The summed E-state index contributed by atoms with van der Waals surface area (Å²) in [5.41, 5.74) is -1.49. The van der Waals surface area contributed by atoms with Crippen molar-refractivity contribution in [1.29, 1.82) is 0 Å². The predicted octanol–water partition coefficient (Wildman–Crippen LogP) is 7.53. The van der Waals surface area contributed by atoms with Crippen LogP contribution in [0.1, 0.15) is 58.8 Å². The minimum atomic E-state index is -8.09. The summed E-state index contributed by atoms with van der Waals surface area (Å²) < 4.78 is 49.2. The summed E-state index contributed by atoms with van der Waals surface area (Å²) in [7, 11) is 0. The molecule has 0 fully saturated rings. The van der Waals surface area contributed by atoms with E-state index in [1.807, 2.05) is 13.0 Å². The molecule has 5 heteroatoms. The van der Waals surface area contributed by atoms with Crippen molar-refractivity contribution in [3.8, 4) is 0 Å². The number of hydrogen-bond donors (Lipinski definition) is 0. The first-order chi connectivity index (χ1) is 11.2. The molecular weight excluding hydrogens is 405 g/mol. The van der Waals surface area contributed by atoms with Crippen molar-refractivity contribution >= 4 is 5.43 Å². The van der Waals surface area contributed by atoms with Gasteiger partial charge in [-0.1, -0.05) is 0 Å². The van der Waals surface area contributed by atoms with E-state index < -0.39 is 23.2 Å². The summed E-state index contributed by atoms with van der Waals surface area (Å²) in [6, 6.07) is 0.362. The van der Waals surface area contributed by atoms with E-state index in [-0.39, 0.29) is 19.4 Å². The number of hydrogen-bond acceptors (Lipinski definition) is 0. The number of halogens is 3. The Morgan fingerprint density at radius 1 is 1.04 bits per heavy atom. The monoisotopic (exact) mass is 433 g/mol. The molecule has 0 radical (unpaired) electrons. The molecule has 135 valence electrons. The Morgan fingerprint density at radius 2 is 1.75 bits per heavy atom. The van der Waals surface area contributed by atoms with Crippen molar-refractivity contribution in [2.75, 3.05) is 0 Å². The Kier molecular flexibility index (Phi) is 5.77. The van der Waals surface area contributed by atoms with E-state index in [1.165, 1.54) is 6.08 Å². The van der Waals surface area contributed by atoms with Gasteiger partial charge in [0.05, 0.1) is 0 Å². The molecule has 0 atom stereocenters. The molecule has 0 nitrogen and oxygen atoms in total. The predicted molar refractivity (Wildman–Crippen MR) is 96.8 cm³/mol. The Bertz CT molecular complexity index is 718. The summed E-state index contributed by atoms with van der Waals surface area (Å²) in [5, 5.41) is 0. The van der Waals surface area contributed by atoms with Crippen molar-refractivity contribution in [2.24, 2.45) is 0 Å². The van der Waals surface area contributed by atoms with E-state index in [1.54, 1.807) is 24.8 Å². The first kappa shape index (κ1) is 20.2. The summed E-state index contributed by atoms with van der Waals surface area (Å²) in [4.78, 5) is 0. The summed E-state index contributed by atoms with van der Waals surface area (Å²) in [6.07, 6.45) is 12.6. The molecule has 0 bridgehead atoms. The van der Waals surface area contributed by atoms with Crippen LogP contribution in [0.5, 0.6) is 0 Å². The van der Waals surface area contributed by atoms with Crippen LogP contribution in [0.2, 0.25) is 12.6 Å². The third-order valence-electron chi connectivity index (χ3n) is 5.72. The maximum absolute atomic E-state index is 16.5. The second-order valence-electron chi connectivity index (χ2n) is 7.40.